The van der Waals surface area contributed by atoms with Gasteiger partial charge >= 0.3 is 0 Å². The minimum Gasteiger partial charge on any atom is -0.393 e. The molecule has 1 aliphatic rings. The largest absolute Gasteiger partial charge is 0.393 e. The lowest BCUT2D eigenvalue weighted by Crippen LogP contribution is -2.12. The summed E-state index contributed by atoms with van der Waals surface area (Å²) in [5.41, 5.74) is 1.80. The van der Waals surface area contributed by atoms with E-state index >= 15 is 0 Å². The van der Waals surface area contributed by atoms with Crippen molar-refractivity contribution in [1.29, 1.82) is 0 Å². The molecule has 1 N–H and O–H groups in total. The van der Waals surface area contributed by atoms with E-state index in [1.54, 1.807) is 0 Å². The topological polar surface area (TPSA) is 20.2 Å². The van der Waals surface area contributed by atoms with Crippen LogP contribution in [0.3, 0.4) is 0 Å². The van der Waals surface area contributed by atoms with Gasteiger partial charge in [-0.3, -0.25) is 0 Å². The number of aliphatic hydroxyl groups excluding tert-OH is 1. The van der Waals surface area contributed by atoms with Gasteiger partial charge in [0.25, 0.3) is 0 Å². The molecule has 1 aliphatic carbocycles. The molecule has 0 saturated heterocycles. The monoisotopic (exact) mass is 218 g/mol. The zero-order valence-electron chi connectivity index (χ0n) is 10.5. The summed E-state index contributed by atoms with van der Waals surface area (Å²) in [6.07, 6.45) is 2.03. The van der Waals surface area contributed by atoms with E-state index < -0.39 is 0 Å². The standard InChI is InChI=1S/C15H22O/c1-11(16)9-15(3)10-14(15)12(2)13-7-5-4-6-8-13/h4-8,11-12,14,16H,9-10H2,1-3H3/t11?,12?,14-,15-/m0/s1. The number of aliphatic hydroxyl groups is 1. The highest BCUT2D eigenvalue weighted by Crippen LogP contribution is 2.61. The Bertz CT molecular complexity index is 344. The van der Waals surface area contributed by atoms with Crippen molar-refractivity contribution < 1.29 is 5.11 Å². The van der Waals surface area contributed by atoms with Gasteiger partial charge < -0.3 is 5.11 Å². The van der Waals surface area contributed by atoms with Crippen LogP contribution in [0.5, 0.6) is 0 Å². The summed E-state index contributed by atoms with van der Waals surface area (Å²) >= 11 is 0. The van der Waals surface area contributed by atoms with E-state index in [1.165, 1.54) is 12.0 Å². The maximum atomic E-state index is 9.50. The predicted molar refractivity (Wildman–Crippen MR) is 67.4 cm³/mol. The first kappa shape index (κ1) is 11.7. The van der Waals surface area contributed by atoms with Crippen LogP contribution in [0.2, 0.25) is 0 Å². The van der Waals surface area contributed by atoms with Crippen molar-refractivity contribution in [3.63, 3.8) is 0 Å². The fourth-order valence-corrected chi connectivity index (χ4v) is 3.12. The maximum Gasteiger partial charge on any atom is 0.0517 e. The Hall–Kier alpha value is -0.820. The van der Waals surface area contributed by atoms with Crippen molar-refractivity contribution in [2.75, 3.05) is 0 Å². The van der Waals surface area contributed by atoms with Crippen LogP contribution in [0.25, 0.3) is 0 Å². The van der Waals surface area contributed by atoms with Crippen LogP contribution in [0, 0.1) is 11.3 Å². The molecule has 1 nitrogen and oxygen atoms in total. The van der Waals surface area contributed by atoms with Crippen molar-refractivity contribution in [3.05, 3.63) is 35.9 Å². The third kappa shape index (κ3) is 2.30. The Morgan fingerprint density at radius 2 is 1.94 bits per heavy atom. The third-order valence-electron chi connectivity index (χ3n) is 4.11. The highest BCUT2D eigenvalue weighted by atomic mass is 16.3. The summed E-state index contributed by atoms with van der Waals surface area (Å²) in [5, 5.41) is 9.50. The highest BCUT2D eigenvalue weighted by Gasteiger charge is 2.52. The molecular formula is C15H22O. The second-order valence-corrected chi connectivity index (χ2v) is 5.72. The van der Waals surface area contributed by atoms with Crippen molar-refractivity contribution in [2.45, 2.75) is 45.6 Å². The molecule has 2 rings (SSSR count). The lowest BCUT2D eigenvalue weighted by Gasteiger charge is -2.18. The Morgan fingerprint density at radius 1 is 1.31 bits per heavy atom. The van der Waals surface area contributed by atoms with E-state index in [0.717, 1.165) is 12.3 Å². The van der Waals surface area contributed by atoms with E-state index in [4.69, 9.17) is 0 Å². The van der Waals surface area contributed by atoms with Crippen molar-refractivity contribution in [1.82, 2.24) is 0 Å². The third-order valence-corrected chi connectivity index (χ3v) is 4.11. The molecule has 0 bridgehead atoms. The van der Waals surface area contributed by atoms with Crippen LogP contribution in [-0.2, 0) is 0 Å². The van der Waals surface area contributed by atoms with Gasteiger partial charge in [-0.2, -0.15) is 0 Å². The van der Waals surface area contributed by atoms with Gasteiger partial charge in [-0.25, -0.2) is 0 Å². The minimum absolute atomic E-state index is 0.169. The average Bonchev–Trinajstić information content (AvgIpc) is 2.89. The number of hydrogen-bond acceptors (Lipinski definition) is 1. The Balaban J connectivity index is 2.01. The SMILES string of the molecule is CC(O)C[C@@]1(C)C[C@H]1C(C)c1ccccc1. The van der Waals surface area contributed by atoms with Gasteiger partial charge in [-0.05, 0) is 42.6 Å². The zero-order valence-corrected chi connectivity index (χ0v) is 10.5. The predicted octanol–water partition coefficient (Wildman–Crippen LogP) is 3.59. The molecule has 1 saturated carbocycles. The summed E-state index contributed by atoms with van der Waals surface area (Å²) in [4.78, 5) is 0. The van der Waals surface area contributed by atoms with Crippen molar-refractivity contribution in [2.24, 2.45) is 11.3 Å². The molecule has 1 fully saturated rings. The van der Waals surface area contributed by atoms with Crippen molar-refractivity contribution in [3.8, 4) is 0 Å². The number of hydrogen-bond donors (Lipinski definition) is 1. The van der Waals surface area contributed by atoms with Crippen LogP contribution in [-0.4, -0.2) is 11.2 Å². The fraction of sp³-hybridized carbons (Fsp3) is 0.600. The molecule has 88 valence electrons. The van der Waals surface area contributed by atoms with Gasteiger partial charge in [0.2, 0.25) is 0 Å². The minimum atomic E-state index is -0.169. The van der Waals surface area contributed by atoms with Crippen LogP contribution < -0.4 is 0 Å². The van der Waals surface area contributed by atoms with E-state index in [0.29, 0.717) is 11.3 Å². The Morgan fingerprint density at radius 3 is 2.50 bits per heavy atom. The molecule has 0 radical (unpaired) electrons. The fourth-order valence-electron chi connectivity index (χ4n) is 3.12. The van der Waals surface area contributed by atoms with Gasteiger partial charge in [0.05, 0.1) is 6.10 Å². The molecule has 0 heterocycles. The number of rotatable bonds is 4. The summed E-state index contributed by atoms with van der Waals surface area (Å²) < 4.78 is 0. The van der Waals surface area contributed by atoms with E-state index in [9.17, 15) is 5.11 Å². The first-order valence-corrected chi connectivity index (χ1v) is 6.26. The Labute approximate surface area is 98.5 Å². The van der Waals surface area contributed by atoms with Crippen molar-refractivity contribution >= 4 is 0 Å². The first-order valence-electron chi connectivity index (χ1n) is 6.26. The maximum absolute atomic E-state index is 9.50. The molecule has 0 amide bonds. The number of benzene rings is 1. The molecule has 4 atom stereocenters. The summed E-state index contributed by atoms with van der Waals surface area (Å²) in [6.45, 7) is 6.52. The second kappa shape index (κ2) is 4.21. The van der Waals surface area contributed by atoms with Crippen LogP contribution >= 0.6 is 0 Å². The van der Waals surface area contributed by atoms with Gasteiger partial charge in [-0.1, -0.05) is 44.2 Å². The van der Waals surface area contributed by atoms with E-state index in [2.05, 4.69) is 44.2 Å². The summed E-state index contributed by atoms with van der Waals surface area (Å²) in [5.74, 6) is 1.36. The normalized spacial score (nSPS) is 32.1. The second-order valence-electron chi connectivity index (χ2n) is 5.72. The zero-order chi connectivity index (χ0) is 11.8. The molecular weight excluding hydrogens is 196 g/mol. The van der Waals surface area contributed by atoms with Gasteiger partial charge in [0.1, 0.15) is 0 Å². The molecule has 0 aliphatic heterocycles. The van der Waals surface area contributed by atoms with Gasteiger partial charge in [-0.15, -0.1) is 0 Å². The van der Waals surface area contributed by atoms with E-state index in [1.807, 2.05) is 6.92 Å². The first-order chi connectivity index (χ1) is 7.53. The highest BCUT2D eigenvalue weighted by molar-refractivity contribution is 5.23. The summed E-state index contributed by atoms with van der Waals surface area (Å²) in [7, 11) is 0. The molecule has 1 aromatic rings. The smallest absolute Gasteiger partial charge is 0.0517 e. The van der Waals surface area contributed by atoms with Gasteiger partial charge in [0, 0.05) is 0 Å². The lowest BCUT2D eigenvalue weighted by molar-refractivity contribution is 0.152. The molecule has 16 heavy (non-hydrogen) atoms. The Kier molecular flexibility index (Phi) is 3.07. The van der Waals surface area contributed by atoms with Crippen LogP contribution in [0.15, 0.2) is 30.3 Å². The molecule has 1 heteroatoms. The quantitative estimate of drug-likeness (QED) is 0.819. The van der Waals surface area contributed by atoms with Gasteiger partial charge in [0.15, 0.2) is 0 Å². The molecule has 1 aromatic carbocycles. The molecule has 2 unspecified atom stereocenters. The molecule has 0 aromatic heterocycles. The van der Waals surface area contributed by atoms with Crippen LogP contribution in [0.4, 0.5) is 0 Å². The lowest BCUT2D eigenvalue weighted by atomic mass is 9.88. The van der Waals surface area contributed by atoms with E-state index in [-0.39, 0.29) is 6.10 Å². The molecule has 0 spiro atoms. The summed E-state index contributed by atoms with van der Waals surface area (Å²) in [6, 6.07) is 10.7. The van der Waals surface area contributed by atoms with Crippen LogP contribution in [0.1, 0.15) is 45.1 Å². The average molecular weight is 218 g/mol.